The van der Waals surface area contributed by atoms with Gasteiger partial charge in [-0.25, -0.2) is 0 Å². The smallest absolute Gasteiger partial charge is 0.417 e. The predicted molar refractivity (Wildman–Crippen MR) is 146 cm³/mol. The van der Waals surface area contributed by atoms with Crippen molar-refractivity contribution in [1.29, 1.82) is 0 Å². The Morgan fingerprint density at radius 2 is 1.81 bits per heavy atom. The van der Waals surface area contributed by atoms with E-state index in [2.05, 4.69) is 0 Å². The van der Waals surface area contributed by atoms with Gasteiger partial charge < -0.3 is 30.9 Å². The van der Waals surface area contributed by atoms with Gasteiger partial charge >= 0.3 is 6.18 Å². The fourth-order valence-electron chi connectivity index (χ4n) is 6.68. The van der Waals surface area contributed by atoms with Gasteiger partial charge in [0.05, 0.1) is 29.9 Å². The number of aliphatic hydroxyl groups excluding tert-OH is 2. The van der Waals surface area contributed by atoms with E-state index in [0.717, 1.165) is 6.07 Å². The van der Waals surface area contributed by atoms with Crippen LogP contribution in [0.3, 0.4) is 0 Å². The molecule has 0 saturated carbocycles. The fourth-order valence-corrected chi connectivity index (χ4v) is 6.68. The summed E-state index contributed by atoms with van der Waals surface area (Å²) in [6.45, 7) is 3.98. The second-order valence-corrected chi connectivity index (χ2v) is 11.9. The number of hydrogen-bond acceptors (Lipinski definition) is 10. The number of phenols is 1. The minimum Gasteiger partial charge on any atom is -0.510 e. The average molecular weight is 612 g/mol. The molecular formula is C29H36F3N3O8. The number of hydrogen-bond donors (Lipinski definition) is 5. The summed E-state index contributed by atoms with van der Waals surface area (Å²) in [6.07, 6.45) is -5.78. The van der Waals surface area contributed by atoms with Crippen LogP contribution in [-0.2, 0) is 33.5 Å². The molecule has 0 aliphatic heterocycles. The van der Waals surface area contributed by atoms with E-state index in [0.29, 0.717) is 6.54 Å². The molecule has 0 aromatic heterocycles. The van der Waals surface area contributed by atoms with Crippen LogP contribution in [0.15, 0.2) is 28.7 Å². The first-order chi connectivity index (χ1) is 19.8. The van der Waals surface area contributed by atoms with E-state index < -0.39 is 98.7 Å². The Bertz CT molecular complexity index is 1430. The van der Waals surface area contributed by atoms with Crippen molar-refractivity contribution in [3.8, 4) is 5.75 Å². The summed E-state index contributed by atoms with van der Waals surface area (Å²) >= 11 is 0. The molecule has 1 aromatic rings. The molecule has 0 saturated heterocycles. The van der Waals surface area contributed by atoms with Gasteiger partial charge in [-0.2, -0.15) is 13.2 Å². The number of phenolic OH excluding ortho intramolecular Hbond substituents is 1. The zero-order valence-electron chi connectivity index (χ0n) is 24.4. The molecule has 3 aliphatic rings. The van der Waals surface area contributed by atoms with Gasteiger partial charge in [0, 0.05) is 24.6 Å². The predicted octanol–water partition coefficient (Wildman–Crippen LogP) is 2.00. The second-order valence-electron chi connectivity index (χ2n) is 11.9. The molecule has 4 rings (SSSR count). The lowest BCUT2D eigenvalue weighted by molar-refractivity contribution is -0.148. The van der Waals surface area contributed by atoms with Gasteiger partial charge in [0.25, 0.3) is 5.91 Å². The number of carbonyl (C=O) groups is 3. The van der Waals surface area contributed by atoms with Crippen molar-refractivity contribution in [3.05, 3.63) is 51.0 Å². The summed E-state index contributed by atoms with van der Waals surface area (Å²) in [7, 11) is 4.51. The highest BCUT2D eigenvalue weighted by Crippen LogP contribution is 2.53. The summed E-state index contributed by atoms with van der Waals surface area (Å²) in [5.74, 6) is -9.12. The molecule has 0 radical (unpaired) electrons. The normalized spacial score (nSPS) is 25.9. The van der Waals surface area contributed by atoms with Crippen LogP contribution in [0.25, 0.3) is 0 Å². The van der Waals surface area contributed by atoms with Gasteiger partial charge in [-0.15, -0.1) is 0 Å². The Kier molecular flexibility index (Phi) is 8.48. The Morgan fingerprint density at radius 1 is 1.19 bits per heavy atom. The van der Waals surface area contributed by atoms with Gasteiger partial charge in [-0.05, 0) is 70.9 Å². The number of ether oxygens (including phenoxy) is 1. The van der Waals surface area contributed by atoms with Crippen LogP contribution in [0.1, 0.15) is 47.3 Å². The van der Waals surface area contributed by atoms with Crippen molar-refractivity contribution in [2.75, 3.05) is 34.3 Å². The minimum atomic E-state index is -4.92. The van der Waals surface area contributed by atoms with Crippen LogP contribution < -0.4 is 5.73 Å². The number of rotatable bonds is 8. The number of carbonyl (C=O) groups excluding carboxylic acids is 3. The number of halogens is 3. The number of fused-ring (bicyclic) bond motifs is 3. The summed E-state index contributed by atoms with van der Waals surface area (Å²) in [5, 5.41) is 44.7. The van der Waals surface area contributed by atoms with Crippen molar-refractivity contribution < 1.29 is 52.7 Å². The summed E-state index contributed by atoms with van der Waals surface area (Å²) < 4.78 is 49.4. The maximum atomic E-state index is 14.7. The number of nitrogens with two attached hydrogens (primary N) is 1. The molecule has 11 nitrogen and oxygen atoms in total. The van der Waals surface area contributed by atoms with Crippen molar-refractivity contribution in [3.63, 3.8) is 0 Å². The largest absolute Gasteiger partial charge is 0.510 e. The zero-order chi connectivity index (χ0) is 32.3. The summed E-state index contributed by atoms with van der Waals surface area (Å²) in [6, 6.07) is -0.397. The zero-order valence-corrected chi connectivity index (χ0v) is 24.4. The number of aromatic hydroxyl groups is 1. The molecule has 4 atom stereocenters. The number of Topliss-reactive ketones (excluding diaryl/α,β-unsaturated/α-hetero) is 2. The quantitative estimate of drug-likeness (QED) is 0.274. The maximum Gasteiger partial charge on any atom is 0.417 e. The second kappa shape index (κ2) is 11.2. The van der Waals surface area contributed by atoms with E-state index in [1.807, 2.05) is 13.8 Å². The van der Waals surface area contributed by atoms with Crippen molar-refractivity contribution in [1.82, 2.24) is 9.80 Å². The lowest BCUT2D eigenvalue weighted by Crippen LogP contribution is -2.63. The van der Waals surface area contributed by atoms with Crippen molar-refractivity contribution in [2.45, 2.75) is 57.2 Å². The number of nitrogens with zero attached hydrogens (tertiary/aromatic N) is 2. The van der Waals surface area contributed by atoms with Crippen LogP contribution >= 0.6 is 0 Å². The van der Waals surface area contributed by atoms with E-state index in [9.17, 15) is 48.0 Å². The molecule has 0 heterocycles. The Labute approximate surface area is 246 Å². The molecule has 1 aromatic carbocycles. The first-order valence-corrected chi connectivity index (χ1v) is 13.7. The molecule has 236 valence electrons. The molecule has 43 heavy (non-hydrogen) atoms. The molecule has 1 amide bonds. The van der Waals surface area contributed by atoms with Crippen molar-refractivity contribution >= 4 is 17.5 Å². The lowest BCUT2D eigenvalue weighted by atomic mass is 9.58. The third-order valence-corrected chi connectivity index (χ3v) is 8.45. The molecule has 6 N–H and O–H groups in total. The van der Waals surface area contributed by atoms with E-state index in [1.54, 1.807) is 11.9 Å². The van der Waals surface area contributed by atoms with Crippen LogP contribution in [-0.4, -0.2) is 99.7 Å². The molecule has 0 fully saturated rings. The molecule has 0 unspecified atom stereocenters. The minimum absolute atomic E-state index is 0.0731. The molecular weight excluding hydrogens is 575 g/mol. The Morgan fingerprint density at radius 3 is 2.35 bits per heavy atom. The average Bonchev–Trinajstić information content (AvgIpc) is 2.84. The first kappa shape index (κ1) is 32.5. The fraction of sp³-hybridized carbons (Fsp3) is 0.552. The number of ketones is 2. The highest BCUT2D eigenvalue weighted by atomic mass is 19.4. The van der Waals surface area contributed by atoms with E-state index in [-0.39, 0.29) is 31.2 Å². The van der Waals surface area contributed by atoms with Gasteiger partial charge in [0.1, 0.15) is 22.8 Å². The van der Waals surface area contributed by atoms with Gasteiger partial charge in [-0.3, -0.25) is 24.2 Å². The van der Waals surface area contributed by atoms with Crippen LogP contribution in [0.5, 0.6) is 5.75 Å². The SMILES string of the molecule is CC(C)OCCN(C)Cc1cc(O)c2c(c1C(F)(F)F)C[C@H]1C[C@H]3[C@H](N(C)C)C(O)=C(C(N)=O)C(=O)[C@@]3(O)C(O)=C1C2=O. The third-order valence-electron chi connectivity index (χ3n) is 8.45. The van der Waals surface area contributed by atoms with E-state index >= 15 is 0 Å². The number of amides is 1. The van der Waals surface area contributed by atoms with Gasteiger partial charge in [0.15, 0.2) is 11.4 Å². The molecule has 14 heteroatoms. The topological polar surface area (TPSA) is 174 Å². The van der Waals surface area contributed by atoms with Gasteiger partial charge in [0.2, 0.25) is 5.78 Å². The third kappa shape index (κ3) is 5.30. The summed E-state index contributed by atoms with van der Waals surface area (Å²) in [4.78, 5) is 42.1. The summed E-state index contributed by atoms with van der Waals surface area (Å²) in [5.41, 5.74) is -1.59. The van der Waals surface area contributed by atoms with Crippen molar-refractivity contribution in [2.24, 2.45) is 17.6 Å². The highest BCUT2D eigenvalue weighted by molar-refractivity contribution is 6.24. The standard InChI is InChI=1S/C29H36F3N3O8/c1-12(2)43-7-6-35(5)11-14-10-17(36)19-15(21(14)29(30,31)32)8-13-9-16-22(34(3)4)24(38)20(27(33)41)26(40)28(16,42)25(39)18(13)23(19)37/h10,12-13,16,22,36,38-39,42H,6-9,11H2,1-5H3,(H2,33,41)/t13-,16-,22-,28-/m0/s1. The molecule has 0 bridgehead atoms. The number of alkyl halides is 3. The molecule has 3 aliphatic carbocycles. The van der Waals surface area contributed by atoms with Crippen LogP contribution in [0.2, 0.25) is 0 Å². The Hall–Kier alpha value is -3.46. The highest BCUT2D eigenvalue weighted by Gasteiger charge is 2.63. The Balaban J connectivity index is 1.87. The molecule has 0 spiro atoms. The number of benzene rings is 1. The number of allylic oxidation sites excluding steroid dienone is 1. The van der Waals surface area contributed by atoms with E-state index in [1.165, 1.54) is 19.0 Å². The van der Waals surface area contributed by atoms with Crippen LogP contribution in [0, 0.1) is 11.8 Å². The number of primary amides is 1. The first-order valence-electron chi connectivity index (χ1n) is 13.7. The number of aliphatic hydroxyl groups is 3. The van der Waals surface area contributed by atoms with Crippen LogP contribution in [0.4, 0.5) is 13.2 Å². The lowest BCUT2D eigenvalue weighted by Gasteiger charge is -2.50. The van der Waals surface area contributed by atoms with E-state index in [4.69, 9.17) is 10.5 Å². The monoisotopic (exact) mass is 611 g/mol. The van der Waals surface area contributed by atoms with Gasteiger partial charge in [-0.1, -0.05) is 0 Å². The maximum absolute atomic E-state index is 14.7. The number of likely N-dealkylation sites (N-methyl/N-ethyl adjacent to an activating group) is 2.